The molecule has 20 heavy (non-hydrogen) atoms. The van der Waals surface area contributed by atoms with Crippen LogP contribution in [0.5, 0.6) is 0 Å². The molecule has 3 rings (SSSR count). The maximum atomic E-state index is 12.3. The van der Waals surface area contributed by atoms with Crippen molar-refractivity contribution in [2.45, 2.75) is 32.2 Å². The molecule has 5 heteroatoms. The summed E-state index contributed by atoms with van der Waals surface area (Å²) < 4.78 is 0. The van der Waals surface area contributed by atoms with E-state index in [1.165, 1.54) is 0 Å². The zero-order chi connectivity index (χ0) is 14.3. The molecule has 1 heterocycles. The van der Waals surface area contributed by atoms with Gasteiger partial charge >= 0.3 is 12.0 Å². The van der Waals surface area contributed by atoms with E-state index in [0.717, 1.165) is 24.1 Å². The second-order valence-electron chi connectivity index (χ2n) is 5.63. The first-order valence-electron chi connectivity index (χ1n) is 7.01. The Morgan fingerprint density at radius 2 is 2.15 bits per heavy atom. The average Bonchev–Trinajstić information content (AvgIpc) is 3.12. The summed E-state index contributed by atoms with van der Waals surface area (Å²) in [4.78, 5) is 25.2. The minimum atomic E-state index is -0.931. The topological polar surface area (TPSA) is 69.6 Å². The molecule has 1 aromatic rings. The fraction of sp³-hybridized carbons (Fsp3) is 0.467. The highest BCUT2D eigenvalue weighted by Crippen LogP contribution is 2.32. The number of anilines is 1. The molecule has 1 saturated carbocycles. The van der Waals surface area contributed by atoms with Gasteiger partial charge in [0.05, 0.1) is 5.56 Å². The predicted molar refractivity (Wildman–Crippen MR) is 75.2 cm³/mol. The van der Waals surface area contributed by atoms with Crippen LogP contribution in [-0.2, 0) is 6.42 Å². The van der Waals surface area contributed by atoms with E-state index in [9.17, 15) is 14.7 Å². The number of hydrogen-bond donors (Lipinski definition) is 2. The number of carbonyl (C=O) groups is 2. The van der Waals surface area contributed by atoms with Crippen LogP contribution < -0.4 is 10.2 Å². The number of carboxylic acid groups (broad SMARTS) is 1. The molecule has 0 bridgehead atoms. The van der Waals surface area contributed by atoms with E-state index < -0.39 is 5.97 Å². The highest BCUT2D eigenvalue weighted by atomic mass is 16.4. The van der Waals surface area contributed by atoms with Crippen molar-refractivity contribution < 1.29 is 14.7 Å². The molecule has 2 N–H and O–H groups in total. The van der Waals surface area contributed by atoms with Crippen molar-refractivity contribution in [2.75, 3.05) is 11.4 Å². The van der Waals surface area contributed by atoms with Crippen LogP contribution in [0.2, 0.25) is 0 Å². The Hall–Kier alpha value is -2.04. The van der Waals surface area contributed by atoms with Crippen molar-refractivity contribution in [3.05, 3.63) is 29.3 Å². The molecule has 0 spiro atoms. The van der Waals surface area contributed by atoms with Crippen LogP contribution in [-0.4, -0.2) is 29.7 Å². The summed E-state index contributed by atoms with van der Waals surface area (Å²) in [6.07, 6.45) is 2.54. The third-order valence-corrected chi connectivity index (χ3v) is 4.14. The lowest BCUT2D eigenvalue weighted by molar-refractivity contribution is 0.0695. The Morgan fingerprint density at radius 3 is 2.80 bits per heavy atom. The van der Waals surface area contributed by atoms with Crippen LogP contribution in [0.25, 0.3) is 0 Å². The first-order valence-corrected chi connectivity index (χ1v) is 7.01. The number of fused-ring (bicyclic) bond motifs is 1. The van der Waals surface area contributed by atoms with Gasteiger partial charge in [0.15, 0.2) is 0 Å². The molecule has 2 atom stereocenters. The van der Waals surface area contributed by atoms with Crippen LogP contribution in [0.15, 0.2) is 18.2 Å². The largest absolute Gasteiger partial charge is 0.478 e. The zero-order valence-corrected chi connectivity index (χ0v) is 11.4. The molecule has 5 nitrogen and oxygen atoms in total. The highest BCUT2D eigenvalue weighted by Gasteiger charge is 2.36. The molecular formula is C15H18N2O3. The van der Waals surface area contributed by atoms with Crippen LogP contribution in [0.4, 0.5) is 10.5 Å². The molecule has 0 radical (unpaired) electrons. The maximum absolute atomic E-state index is 12.3. The molecule has 2 unspecified atom stereocenters. The quantitative estimate of drug-likeness (QED) is 0.869. The molecule has 0 saturated heterocycles. The van der Waals surface area contributed by atoms with Gasteiger partial charge in [-0.2, -0.15) is 0 Å². The predicted octanol–water partition coefficient (Wildman–Crippen LogP) is 2.26. The maximum Gasteiger partial charge on any atom is 0.336 e. The third kappa shape index (κ3) is 2.24. The number of benzene rings is 1. The monoisotopic (exact) mass is 274 g/mol. The van der Waals surface area contributed by atoms with E-state index in [4.69, 9.17) is 0 Å². The molecule has 1 aliphatic heterocycles. The normalized spacial score (nSPS) is 23.9. The van der Waals surface area contributed by atoms with Gasteiger partial charge in [-0.05, 0) is 42.9 Å². The van der Waals surface area contributed by atoms with E-state index in [1.807, 2.05) is 6.07 Å². The minimum absolute atomic E-state index is 0.108. The molecular weight excluding hydrogens is 256 g/mol. The number of hydrogen-bond acceptors (Lipinski definition) is 2. The van der Waals surface area contributed by atoms with Crippen molar-refractivity contribution in [3.8, 4) is 0 Å². The summed E-state index contributed by atoms with van der Waals surface area (Å²) in [6.45, 7) is 2.75. The molecule has 106 valence electrons. The van der Waals surface area contributed by atoms with Gasteiger partial charge in [0.1, 0.15) is 0 Å². The van der Waals surface area contributed by atoms with Crippen molar-refractivity contribution in [3.63, 3.8) is 0 Å². The first-order chi connectivity index (χ1) is 9.58. The van der Waals surface area contributed by atoms with E-state index in [2.05, 4.69) is 12.2 Å². The van der Waals surface area contributed by atoms with Gasteiger partial charge in [0.25, 0.3) is 0 Å². The minimum Gasteiger partial charge on any atom is -0.478 e. The van der Waals surface area contributed by atoms with Crippen molar-refractivity contribution in [2.24, 2.45) is 5.92 Å². The number of nitrogens with zero attached hydrogens (tertiary/aromatic N) is 1. The Morgan fingerprint density at radius 1 is 1.40 bits per heavy atom. The summed E-state index contributed by atoms with van der Waals surface area (Å²) >= 11 is 0. The number of urea groups is 1. The van der Waals surface area contributed by atoms with Crippen LogP contribution in [0, 0.1) is 5.92 Å². The standard InChI is InChI=1S/C15H18N2O3/c1-9-8-12(9)16-15(20)17-7-3-5-10-11(14(18)19)4-2-6-13(10)17/h2,4,6,9,12H,3,5,7-8H2,1H3,(H,16,20)(H,18,19). The Balaban J connectivity index is 1.88. The summed E-state index contributed by atoms with van der Waals surface area (Å²) in [5, 5.41) is 12.2. The Kier molecular flexibility index (Phi) is 3.12. The molecule has 1 aromatic carbocycles. The van der Waals surface area contributed by atoms with E-state index in [-0.39, 0.29) is 12.1 Å². The summed E-state index contributed by atoms with van der Waals surface area (Å²) in [7, 11) is 0. The number of rotatable bonds is 2. The summed E-state index contributed by atoms with van der Waals surface area (Å²) in [5.74, 6) is -0.381. The van der Waals surface area contributed by atoms with Crippen molar-refractivity contribution >= 4 is 17.7 Å². The average molecular weight is 274 g/mol. The van der Waals surface area contributed by atoms with E-state index in [1.54, 1.807) is 17.0 Å². The van der Waals surface area contributed by atoms with Gasteiger partial charge in [-0.1, -0.05) is 13.0 Å². The smallest absolute Gasteiger partial charge is 0.336 e. The number of amides is 2. The van der Waals surface area contributed by atoms with Gasteiger partial charge in [-0.25, -0.2) is 9.59 Å². The zero-order valence-electron chi connectivity index (χ0n) is 11.4. The first kappa shape index (κ1) is 13.0. The Bertz CT molecular complexity index is 570. The lowest BCUT2D eigenvalue weighted by Crippen LogP contribution is -2.44. The van der Waals surface area contributed by atoms with Crippen LogP contribution >= 0.6 is 0 Å². The number of nitrogens with one attached hydrogen (secondary N) is 1. The third-order valence-electron chi connectivity index (χ3n) is 4.14. The number of aromatic carboxylic acids is 1. The molecule has 2 aliphatic rings. The fourth-order valence-corrected chi connectivity index (χ4v) is 2.80. The highest BCUT2D eigenvalue weighted by molar-refractivity contribution is 5.97. The molecule has 1 aliphatic carbocycles. The van der Waals surface area contributed by atoms with Gasteiger partial charge in [-0.3, -0.25) is 4.90 Å². The SMILES string of the molecule is CC1CC1NC(=O)N1CCCc2c(C(=O)O)cccc21. The molecule has 2 amide bonds. The van der Waals surface area contributed by atoms with Crippen LogP contribution in [0.1, 0.15) is 35.7 Å². The lowest BCUT2D eigenvalue weighted by Gasteiger charge is -2.30. The summed E-state index contributed by atoms with van der Waals surface area (Å²) in [6, 6.07) is 5.30. The molecule has 0 aromatic heterocycles. The fourth-order valence-electron chi connectivity index (χ4n) is 2.80. The van der Waals surface area contributed by atoms with Crippen molar-refractivity contribution in [1.82, 2.24) is 5.32 Å². The van der Waals surface area contributed by atoms with Gasteiger partial charge in [0.2, 0.25) is 0 Å². The van der Waals surface area contributed by atoms with E-state index >= 15 is 0 Å². The van der Waals surface area contributed by atoms with Crippen LogP contribution in [0.3, 0.4) is 0 Å². The number of carboxylic acids is 1. The molecule has 1 fully saturated rings. The second-order valence-corrected chi connectivity index (χ2v) is 5.63. The second kappa shape index (κ2) is 4.81. The van der Waals surface area contributed by atoms with Gasteiger partial charge in [0, 0.05) is 18.3 Å². The van der Waals surface area contributed by atoms with Gasteiger partial charge in [-0.15, -0.1) is 0 Å². The van der Waals surface area contributed by atoms with Gasteiger partial charge < -0.3 is 10.4 Å². The number of carbonyl (C=O) groups excluding carboxylic acids is 1. The van der Waals surface area contributed by atoms with E-state index in [0.29, 0.717) is 24.4 Å². The van der Waals surface area contributed by atoms with Crippen molar-refractivity contribution in [1.29, 1.82) is 0 Å². The summed E-state index contributed by atoms with van der Waals surface area (Å²) in [5.41, 5.74) is 1.81. The Labute approximate surface area is 117 Å². The lowest BCUT2D eigenvalue weighted by atomic mass is 9.96.